The molecule has 0 amide bonds. The van der Waals surface area contributed by atoms with Crippen LogP contribution in [0.15, 0.2) is 83.2 Å². The van der Waals surface area contributed by atoms with Crippen LogP contribution in [0.2, 0.25) is 0 Å². The molecule has 2 heterocycles. The molecule has 0 saturated heterocycles. The number of benzene rings is 3. The van der Waals surface area contributed by atoms with Crippen LogP contribution in [-0.4, -0.2) is 0 Å². The lowest BCUT2D eigenvalue weighted by molar-refractivity contribution is 0.562. The zero-order chi connectivity index (χ0) is 17.8. The van der Waals surface area contributed by atoms with Gasteiger partial charge in [-0.25, -0.2) is 4.79 Å². The van der Waals surface area contributed by atoms with E-state index in [-0.39, 0.29) is 0 Å². The summed E-state index contributed by atoms with van der Waals surface area (Å²) in [4.78, 5) is 12.2. The maximum atomic E-state index is 12.2. The molecule has 0 atom stereocenters. The van der Waals surface area contributed by atoms with Gasteiger partial charge in [0.05, 0.1) is 4.47 Å². The highest BCUT2D eigenvalue weighted by Crippen LogP contribution is 2.37. The second kappa shape index (κ2) is 5.83. The van der Waals surface area contributed by atoms with Crippen molar-refractivity contribution < 1.29 is 8.83 Å². The summed E-state index contributed by atoms with van der Waals surface area (Å²) >= 11 is 7.02. The molecule has 126 valence electrons. The Morgan fingerprint density at radius 2 is 1.58 bits per heavy atom. The van der Waals surface area contributed by atoms with Crippen LogP contribution in [0.1, 0.15) is 0 Å². The Labute approximate surface area is 164 Å². The van der Waals surface area contributed by atoms with E-state index >= 15 is 0 Å². The number of hydrogen-bond acceptors (Lipinski definition) is 3. The lowest BCUT2D eigenvalue weighted by Gasteiger charge is -2.05. The molecule has 0 fully saturated rings. The summed E-state index contributed by atoms with van der Waals surface area (Å²) in [5, 5.41) is 3.72. The maximum Gasteiger partial charge on any atom is 0.336 e. The Balaban J connectivity index is 1.88. The smallest absolute Gasteiger partial charge is 0.336 e. The van der Waals surface area contributed by atoms with E-state index < -0.39 is 5.63 Å². The summed E-state index contributed by atoms with van der Waals surface area (Å²) in [6.45, 7) is 0. The molecule has 3 nitrogen and oxygen atoms in total. The van der Waals surface area contributed by atoms with Crippen molar-refractivity contribution in [2.75, 3.05) is 0 Å². The van der Waals surface area contributed by atoms with Crippen molar-refractivity contribution in [3.05, 3.63) is 80.0 Å². The van der Waals surface area contributed by atoms with E-state index in [0.29, 0.717) is 11.3 Å². The van der Waals surface area contributed by atoms with Crippen molar-refractivity contribution in [2.45, 2.75) is 0 Å². The third kappa shape index (κ3) is 2.42. The van der Waals surface area contributed by atoms with Gasteiger partial charge in [0.1, 0.15) is 16.9 Å². The molecule has 0 spiro atoms. The number of rotatable bonds is 1. The Kier molecular flexibility index (Phi) is 3.55. The Bertz CT molecular complexity index is 1380. The van der Waals surface area contributed by atoms with E-state index in [1.165, 1.54) is 6.07 Å². The third-order valence-electron chi connectivity index (χ3n) is 4.44. The first-order chi connectivity index (χ1) is 12.6. The lowest BCUT2D eigenvalue weighted by Crippen LogP contribution is -1.98. The van der Waals surface area contributed by atoms with Gasteiger partial charge in [-0.15, -0.1) is 0 Å². The van der Waals surface area contributed by atoms with Crippen LogP contribution in [0.5, 0.6) is 0 Å². The van der Waals surface area contributed by atoms with Crippen molar-refractivity contribution in [1.29, 1.82) is 0 Å². The molecule has 0 aliphatic rings. The molecule has 2 aromatic heterocycles. The van der Waals surface area contributed by atoms with Crippen LogP contribution < -0.4 is 5.63 Å². The average molecular weight is 470 g/mol. The zero-order valence-electron chi connectivity index (χ0n) is 13.3. The zero-order valence-corrected chi connectivity index (χ0v) is 16.4. The molecule has 0 radical (unpaired) electrons. The fourth-order valence-corrected chi connectivity index (χ4v) is 4.64. The molecule has 0 unspecified atom stereocenters. The summed E-state index contributed by atoms with van der Waals surface area (Å²) < 4.78 is 13.4. The first-order valence-electron chi connectivity index (χ1n) is 7.95. The summed E-state index contributed by atoms with van der Waals surface area (Å²) in [6, 6.07) is 19.2. The average Bonchev–Trinajstić information content (AvgIpc) is 3.05. The molecule has 5 aromatic rings. The number of halogens is 2. The highest BCUT2D eigenvalue weighted by molar-refractivity contribution is 9.11. The molecule has 3 aromatic carbocycles. The van der Waals surface area contributed by atoms with Gasteiger partial charge in [0, 0.05) is 32.3 Å². The van der Waals surface area contributed by atoms with Crippen LogP contribution in [0, 0.1) is 0 Å². The minimum atomic E-state index is -0.399. The highest BCUT2D eigenvalue weighted by Gasteiger charge is 2.15. The fourth-order valence-electron chi connectivity index (χ4n) is 3.30. The summed E-state index contributed by atoms with van der Waals surface area (Å²) in [5.74, 6) is 0.631. The fraction of sp³-hybridized carbons (Fsp3) is 0. The molecule has 26 heavy (non-hydrogen) atoms. The predicted octanol–water partition coefficient (Wildman–Crippen LogP) is 6.88. The van der Waals surface area contributed by atoms with Crippen LogP contribution in [0.4, 0.5) is 0 Å². The van der Waals surface area contributed by atoms with Crippen LogP contribution in [0.25, 0.3) is 44.0 Å². The van der Waals surface area contributed by atoms with E-state index in [4.69, 9.17) is 8.83 Å². The summed E-state index contributed by atoms with van der Waals surface area (Å²) in [5.41, 5.74) is 1.64. The Morgan fingerprint density at radius 1 is 0.731 bits per heavy atom. The molecular formula is C21H10Br2O3. The van der Waals surface area contributed by atoms with Gasteiger partial charge >= 0.3 is 5.63 Å². The molecule has 0 aliphatic carbocycles. The summed E-state index contributed by atoms with van der Waals surface area (Å²) in [7, 11) is 0. The normalized spacial score (nSPS) is 11.6. The van der Waals surface area contributed by atoms with Crippen molar-refractivity contribution >= 4 is 64.6 Å². The number of fused-ring (bicyclic) bond motifs is 4. The van der Waals surface area contributed by atoms with Crippen LogP contribution in [0.3, 0.4) is 0 Å². The maximum absolute atomic E-state index is 12.2. The molecule has 0 saturated carbocycles. The van der Waals surface area contributed by atoms with Crippen LogP contribution in [-0.2, 0) is 0 Å². The second-order valence-corrected chi connectivity index (χ2v) is 7.83. The van der Waals surface area contributed by atoms with Crippen molar-refractivity contribution in [3.63, 3.8) is 0 Å². The standard InChI is InChI=1S/C21H10Br2O3/c22-13-7-12-8-18(25-20(12)17(23)9-13)16-10-19(24)26-21-14-4-2-1-3-11(14)5-6-15(16)21/h1-10H. The summed E-state index contributed by atoms with van der Waals surface area (Å²) in [6.07, 6.45) is 0. The number of hydrogen-bond donors (Lipinski definition) is 0. The van der Waals surface area contributed by atoms with E-state index in [2.05, 4.69) is 31.9 Å². The van der Waals surface area contributed by atoms with E-state index in [1.54, 1.807) is 0 Å². The molecule has 5 heteroatoms. The van der Waals surface area contributed by atoms with Crippen molar-refractivity contribution in [3.8, 4) is 11.3 Å². The van der Waals surface area contributed by atoms with Gasteiger partial charge in [0.25, 0.3) is 0 Å². The molecule has 0 aliphatic heterocycles. The monoisotopic (exact) mass is 468 g/mol. The minimum absolute atomic E-state index is 0.399. The number of furan rings is 1. The van der Waals surface area contributed by atoms with Gasteiger partial charge in [0.15, 0.2) is 0 Å². The molecule has 5 rings (SSSR count). The van der Waals surface area contributed by atoms with Gasteiger partial charge in [0.2, 0.25) is 0 Å². The first kappa shape index (κ1) is 15.9. The van der Waals surface area contributed by atoms with Gasteiger partial charge in [-0.05, 0) is 45.6 Å². The van der Waals surface area contributed by atoms with Gasteiger partial charge in [-0.2, -0.15) is 0 Å². The SMILES string of the molecule is O=c1cc(-c2cc3cc(Br)cc(Br)c3o2)c2ccc3ccccc3c2o1. The van der Waals surface area contributed by atoms with Gasteiger partial charge in [-0.1, -0.05) is 46.3 Å². The van der Waals surface area contributed by atoms with Crippen molar-refractivity contribution in [1.82, 2.24) is 0 Å². The molecule has 0 bridgehead atoms. The third-order valence-corrected chi connectivity index (χ3v) is 5.48. The Morgan fingerprint density at radius 3 is 2.46 bits per heavy atom. The van der Waals surface area contributed by atoms with E-state index in [0.717, 1.165) is 41.6 Å². The molecule has 0 N–H and O–H groups in total. The van der Waals surface area contributed by atoms with Crippen molar-refractivity contribution in [2.24, 2.45) is 0 Å². The largest absolute Gasteiger partial charge is 0.455 e. The molecular weight excluding hydrogens is 460 g/mol. The van der Waals surface area contributed by atoms with Crippen LogP contribution >= 0.6 is 31.9 Å². The van der Waals surface area contributed by atoms with E-state index in [9.17, 15) is 4.79 Å². The highest BCUT2D eigenvalue weighted by atomic mass is 79.9. The van der Waals surface area contributed by atoms with E-state index in [1.807, 2.05) is 54.6 Å². The predicted molar refractivity (Wildman–Crippen MR) is 111 cm³/mol. The quantitative estimate of drug-likeness (QED) is 0.198. The Hall–Kier alpha value is -2.37. The van der Waals surface area contributed by atoms with Gasteiger partial charge in [-0.3, -0.25) is 0 Å². The lowest BCUT2D eigenvalue weighted by atomic mass is 10.0. The minimum Gasteiger partial charge on any atom is -0.455 e. The second-order valence-electron chi connectivity index (χ2n) is 6.06. The topological polar surface area (TPSA) is 43.4 Å². The van der Waals surface area contributed by atoms with Gasteiger partial charge < -0.3 is 8.83 Å². The first-order valence-corrected chi connectivity index (χ1v) is 9.53.